The second-order valence-electron chi connectivity index (χ2n) is 14.1. The molecular weight excluding hydrogens is 631 g/mol. The van der Waals surface area contributed by atoms with Crippen molar-refractivity contribution in [2.45, 2.75) is 52.0 Å². The summed E-state index contributed by atoms with van der Waals surface area (Å²) in [6.07, 6.45) is 1.97. The average molecular weight is 672 g/mol. The van der Waals surface area contributed by atoms with Gasteiger partial charge in [-0.15, -0.1) is 11.8 Å². The molecule has 0 N–H and O–H groups in total. The van der Waals surface area contributed by atoms with Crippen molar-refractivity contribution in [3.8, 4) is 11.5 Å². The van der Waals surface area contributed by atoms with Crippen LogP contribution in [0.3, 0.4) is 0 Å². The Kier molecular flexibility index (Phi) is 8.32. The van der Waals surface area contributed by atoms with Gasteiger partial charge in [0.25, 0.3) is 0 Å². The number of aliphatic imine (C=N–C) groups is 1. The Hall–Kier alpha value is -5.13. The molecule has 0 spiro atoms. The third kappa shape index (κ3) is 6.01. The molecule has 0 fully saturated rings. The first kappa shape index (κ1) is 32.1. The van der Waals surface area contributed by atoms with Gasteiger partial charge in [0, 0.05) is 40.5 Å². The van der Waals surface area contributed by atoms with Crippen LogP contribution in [0.25, 0.3) is 0 Å². The molecule has 248 valence electrons. The smallest absolute Gasteiger partial charge is 0.141 e. The Morgan fingerprint density at radius 3 is 2.06 bits per heavy atom. The first-order valence-electron chi connectivity index (χ1n) is 17.3. The summed E-state index contributed by atoms with van der Waals surface area (Å²) < 4.78 is 6.71. The zero-order valence-corrected chi connectivity index (χ0v) is 30.0. The Labute approximate surface area is 299 Å². The van der Waals surface area contributed by atoms with Gasteiger partial charge in [-0.05, 0) is 96.6 Å². The number of hydrogen-bond donors (Lipinski definition) is 0. The number of fused-ring (bicyclic) bond motifs is 2. The van der Waals surface area contributed by atoms with Gasteiger partial charge in [0.2, 0.25) is 0 Å². The highest BCUT2D eigenvalue weighted by Gasteiger charge is 2.38. The largest absolute Gasteiger partial charge is 0.457 e. The summed E-state index contributed by atoms with van der Waals surface area (Å²) in [6.45, 7) is 11.0. The van der Waals surface area contributed by atoms with Gasteiger partial charge in [0.15, 0.2) is 0 Å². The fourth-order valence-electron chi connectivity index (χ4n) is 7.58. The summed E-state index contributed by atoms with van der Waals surface area (Å²) in [5.74, 6) is 3.68. The van der Waals surface area contributed by atoms with E-state index in [-0.39, 0.29) is 17.4 Å². The Morgan fingerprint density at radius 2 is 1.34 bits per heavy atom. The van der Waals surface area contributed by atoms with Crippen molar-refractivity contribution in [1.82, 2.24) is 4.98 Å². The molecule has 3 heterocycles. The summed E-state index contributed by atoms with van der Waals surface area (Å²) >= 11 is 1.84. The van der Waals surface area contributed by atoms with Crippen LogP contribution < -0.4 is 9.64 Å². The van der Waals surface area contributed by atoms with E-state index in [0.717, 1.165) is 61.7 Å². The lowest BCUT2D eigenvalue weighted by Crippen LogP contribution is -2.31. The van der Waals surface area contributed by atoms with Crippen molar-refractivity contribution in [1.29, 1.82) is 0 Å². The normalized spacial score (nSPS) is 16.2. The highest BCUT2D eigenvalue weighted by atomic mass is 32.2. The van der Waals surface area contributed by atoms with E-state index in [1.54, 1.807) is 0 Å². The van der Waals surface area contributed by atoms with Crippen molar-refractivity contribution in [3.05, 3.63) is 178 Å². The van der Waals surface area contributed by atoms with E-state index in [1.807, 2.05) is 18.0 Å². The lowest BCUT2D eigenvalue weighted by atomic mass is 9.74. The molecule has 1 aromatic heterocycles. The summed E-state index contributed by atoms with van der Waals surface area (Å²) in [7, 11) is 0. The molecule has 0 saturated heterocycles. The van der Waals surface area contributed by atoms with Crippen LogP contribution >= 0.6 is 11.8 Å². The van der Waals surface area contributed by atoms with Crippen molar-refractivity contribution >= 4 is 34.0 Å². The standard InChI is InChI=1S/C45H41N3OS/c1-29-20-34(44-47-40(28-50-44)42(32-14-8-6-9-15-32)33-16-10-7-11-17-33)25-36(22-29)49-37-23-30(2)21-35(26-37)48-41-19-13-12-18-38(41)45(4,5)39-24-31(3)27-46-43(39)48/h6-27,40,42H,28H2,1-5H3/t40-/m0/s1. The van der Waals surface area contributed by atoms with Crippen molar-refractivity contribution < 1.29 is 4.74 Å². The lowest BCUT2D eigenvalue weighted by molar-refractivity contribution is 0.482. The van der Waals surface area contributed by atoms with Gasteiger partial charge in [0.05, 0.1) is 22.5 Å². The molecule has 0 amide bonds. The van der Waals surface area contributed by atoms with Crippen LogP contribution in [0.5, 0.6) is 11.5 Å². The van der Waals surface area contributed by atoms with Crippen molar-refractivity contribution in [2.24, 2.45) is 4.99 Å². The maximum Gasteiger partial charge on any atom is 0.141 e. The van der Waals surface area contributed by atoms with Crippen molar-refractivity contribution in [2.75, 3.05) is 10.7 Å². The van der Waals surface area contributed by atoms with Gasteiger partial charge in [-0.25, -0.2) is 4.98 Å². The van der Waals surface area contributed by atoms with Crippen molar-refractivity contribution in [3.63, 3.8) is 0 Å². The summed E-state index contributed by atoms with van der Waals surface area (Å²) in [6, 6.07) is 45.6. The monoisotopic (exact) mass is 671 g/mol. The van der Waals surface area contributed by atoms with E-state index < -0.39 is 0 Å². The number of anilines is 3. The third-order valence-electron chi connectivity index (χ3n) is 9.91. The number of thioether (sulfide) groups is 1. The number of benzene rings is 5. The van der Waals surface area contributed by atoms with Gasteiger partial charge in [-0.1, -0.05) is 92.7 Å². The SMILES string of the molecule is Cc1cc(Oc2cc(C)cc(N3c4ccccc4C(C)(C)c4cc(C)cnc43)c2)cc(C2=N[C@H](C(c3ccccc3)c3ccccc3)CS2)c1. The number of pyridine rings is 1. The number of aromatic nitrogens is 1. The summed E-state index contributed by atoms with van der Waals surface area (Å²) in [4.78, 5) is 12.7. The molecule has 5 aromatic carbocycles. The molecule has 0 aliphatic carbocycles. The molecule has 0 unspecified atom stereocenters. The van der Waals surface area contributed by atoms with Crippen LogP contribution in [0.15, 0.2) is 139 Å². The van der Waals surface area contributed by atoms with E-state index in [9.17, 15) is 0 Å². The molecule has 4 nitrogen and oxygen atoms in total. The Bertz CT molecular complexity index is 2190. The second kappa shape index (κ2) is 13.0. The van der Waals surface area contributed by atoms with Crippen LogP contribution in [-0.2, 0) is 5.41 Å². The van der Waals surface area contributed by atoms with Gasteiger partial charge in [0.1, 0.15) is 17.3 Å². The molecule has 2 aliphatic rings. The molecular formula is C45H41N3OS. The summed E-state index contributed by atoms with van der Waals surface area (Å²) in [5.41, 5.74) is 11.6. The molecule has 0 saturated carbocycles. The van der Waals surface area contributed by atoms with Crippen LogP contribution in [0.1, 0.15) is 64.3 Å². The molecule has 2 aliphatic heterocycles. The Morgan fingerprint density at radius 1 is 0.700 bits per heavy atom. The van der Waals surface area contributed by atoms with E-state index >= 15 is 0 Å². The maximum absolute atomic E-state index is 6.71. The summed E-state index contributed by atoms with van der Waals surface area (Å²) in [5, 5.41) is 1.07. The van der Waals surface area contributed by atoms with E-state index in [1.165, 1.54) is 22.3 Å². The quantitative estimate of drug-likeness (QED) is 0.169. The molecule has 0 radical (unpaired) electrons. The van der Waals surface area contributed by atoms with Crippen LogP contribution in [0.2, 0.25) is 0 Å². The molecule has 1 atom stereocenters. The van der Waals surface area contributed by atoms with Crippen LogP contribution in [0, 0.1) is 20.8 Å². The molecule has 8 rings (SSSR count). The van der Waals surface area contributed by atoms with E-state index in [4.69, 9.17) is 14.7 Å². The molecule has 6 aromatic rings. The van der Waals surface area contributed by atoms with E-state index in [0.29, 0.717) is 0 Å². The molecule has 5 heteroatoms. The zero-order valence-electron chi connectivity index (χ0n) is 29.2. The molecule has 50 heavy (non-hydrogen) atoms. The predicted molar refractivity (Wildman–Crippen MR) is 209 cm³/mol. The number of hydrogen-bond acceptors (Lipinski definition) is 5. The van der Waals surface area contributed by atoms with Crippen LogP contribution in [-0.4, -0.2) is 21.8 Å². The minimum atomic E-state index is -0.176. The lowest BCUT2D eigenvalue weighted by Gasteiger charge is -2.41. The first-order valence-corrected chi connectivity index (χ1v) is 18.3. The maximum atomic E-state index is 6.71. The fourth-order valence-corrected chi connectivity index (χ4v) is 8.67. The number of aryl methyl sites for hydroxylation is 3. The fraction of sp³-hybridized carbons (Fsp3) is 0.200. The first-order chi connectivity index (χ1) is 24.2. The second-order valence-corrected chi connectivity index (χ2v) is 15.1. The highest BCUT2D eigenvalue weighted by Crippen LogP contribution is 2.51. The topological polar surface area (TPSA) is 37.7 Å². The van der Waals surface area contributed by atoms with Gasteiger partial charge in [-0.2, -0.15) is 0 Å². The predicted octanol–water partition coefficient (Wildman–Crippen LogP) is 11.6. The molecule has 0 bridgehead atoms. The highest BCUT2D eigenvalue weighted by molar-refractivity contribution is 8.14. The minimum Gasteiger partial charge on any atom is -0.457 e. The van der Waals surface area contributed by atoms with Gasteiger partial charge < -0.3 is 4.74 Å². The third-order valence-corrected chi connectivity index (χ3v) is 11.0. The minimum absolute atomic E-state index is 0.140. The average Bonchev–Trinajstić information content (AvgIpc) is 3.59. The number of para-hydroxylation sites is 1. The number of nitrogens with zero attached hydrogens (tertiary/aromatic N) is 3. The van der Waals surface area contributed by atoms with Crippen LogP contribution in [0.4, 0.5) is 17.2 Å². The Balaban J connectivity index is 1.13. The van der Waals surface area contributed by atoms with Gasteiger partial charge in [-0.3, -0.25) is 9.89 Å². The zero-order chi connectivity index (χ0) is 34.4. The van der Waals surface area contributed by atoms with E-state index in [2.05, 4.69) is 167 Å². The van der Waals surface area contributed by atoms with Gasteiger partial charge >= 0.3 is 0 Å². The number of rotatable bonds is 7. The number of ether oxygens (including phenoxy) is 1.